The first-order valence-electron chi connectivity index (χ1n) is 11.7. The number of rotatable bonds is 8. The number of nitrogens with zero attached hydrogens (tertiary/aromatic N) is 2. The molecule has 0 amide bonds. The maximum atomic E-state index is 9.74. The van der Waals surface area contributed by atoms with Gasteiger partial charge in [0.2, 0.25) is 0 Å². The molecule has 2 aromatic carbocycles. The second kappa shape index (κ2) is 11.5. The fraction of sp³-hybridized carbons (Fsp3) is 0.500. The lowest BCUT2D eigenvalue weighted by molar-refractivity contribution is 0.143. The number of hydrogen-bond donors (Lipinski definition) is 1. The zero-order valence-electron chi connectivity index (χ0n) is 20.1. The van der Waals surface area contributed by atoms with Crippen molar-refractivity contribution in [3.8, 4) is 17.6 Å². The van der Waals surface area contributed by atoms with E-state index < -0.39 is 5.60 Å². The molecule has 0 atom stereocenters. The van der Waals surface area contributed by atoms with Crippen LogP contribution < -0.4 is 4.74 Å². The van der Waals surface area contributed by atoms with Gasteiger partial charge in [-0.15, -0.1) is 0 Å². The Labute approximate surface area is 194 Å². The number of aliphatic hydroxyl groups is 1. The number of hydrogen-bond acceptors (Lipinski definition) is 4. The van der Waals surface area contributed by atoms with Crippen LogP contribution >= 0.6 is 0 Å². The summed E-state index contributed by atoms with van der Waals surface area (Å²) < 4.78 is 5.24. The summed E-state index contributed by atoms with van der Waals surface area (Å²) in [6.45, 7) is 9.04. The minimum atomic E-state index is -0.954. The van der Waals surface area contributed by atoms with Gasteiger partial charge in [-0.1, -0.05) is 36.1 Å². The van der Waals surface area contributed by atoms with E-state index in [1.807, 2.05) is 24.3 Å². The summed E-state index contributed by atoms with van der Waals surface area (Å²) in [5.41, 5.74) is 2.67. The summed E-state index contributed by atoms with van der Waals surface area (Å²) in [4.78, 5) is 5.05. The second-order valence-electron chi connectivity index (χ2n) is 9.59. The van der Waals surface area contributed by atoms with Crippen LogP contribution in [0, 0.1) is 17.8 Å². The number of likely N-dealkylation sites (tertiary alicyclic amines) is 1. The third-order valence-corrected chi connectivity index (χ3v) is 6.07. The molecular weight excluding hydrogens is 396 g/mol. The highest BCUT2D eigenvalue weighted by molar-refractivity contribution is 5.37. The van der Waals surface area contributed by atoms with Crippen molar-refractivity contribution in [1.29, 1.82) is 0 Å². The molecule has 1 N–H and O–H groups in total. The molecule has 32 heavy (non-hydrogen) atoms. The first kappa shape index (κ1) is 24.3. The van der Waals surface area contributed by atoms with Crippen LogP contribution in [0.1, 0.15) is 43.4 Å². The Hall–Kier alpha value is -2.32. The maximum absolute atomic E-state index is 9.74. The van der Waals surface area contributed by atoms with Gasteiger partial charge in [-0.2, -0.15) is 0 Å². The van der Waals surface area contributed by atoms with Gasteiger partial charge in [0.05, 0.1) is 7.11 Å². The van der Waals surface area contributed by atoms with E-state index in [0.29, 0.717) is 0 Å². The molecule has 1 heterocycles. The van der Waals surface area contributed by atoms with Crippen molar-refractivity contribution in [2.24, 2.45) is 5.92 Å². The van der Waals surface area contributed by atoms with Crippen molar-refractivity contribution >= 4 is 0 Å². The van der Waals surface area contributed by atoms with Crippen LogP contribution in [0.2, 0.25) is 0 Å². The minimum absolute atomic E-state index is 0.772. The lowest BCUT2D eigenvalue weighted by Gasteiger charge is -2.34. The monoisotopic (exact) mass is 434 g/mol. The molecule has 3 rings (SSSR count). The fourth-order valence-corrected chi connectivity index (χ4v) is 4.21. The Balaban J connectivity index is 1.37. The van der Waals surface area contributed by atoms with Crippen LogP contribution in [0.4, 0.5) is 0 Å². The Bertz CT molecular complexity index is 880. The van der Waals surface area contributed by atoms with E-state index in [0.717, 1.165) is 43.3 Å². The van der Waals surface area contributed by atoms with Gasteiger partial charge in [0.15, 0.2) is 0 Å². The minimum Gasteiger partial charge on any atom is -0.497 e. The van der Waals surface area contributed by atoms with Crippen molar-refractivity contribution in [3.05, 3.63) is 65.2 Å². The number of benzene rings is 2. The highest BCUT2D eigenvalue weighted by atomic mass is 16.5. The van der Waals surface area contributed by atoms with Crippen molar-refractivity contribution in [2.75, 3.05) is 40.3 Å². The van der Waals surface area contributed by atoms with E-state index in [1.54, 1.807) is 21.0 Å². The molecule has 0 bridgehead atoms. The number of methoxy groups -OCH3 is 1. The van der Waals surface area contributed by atoms with E-state index >= 15 is 0 Å². The van der Waals surface area contributed by atoms with E-state index in [4.69, 9.17) is 4.74 Å². The van der Waals surface area contributed by atoms with Gasteiger partial charge in [-0.05, 0) is 94.6 Å². The molecule has 0 unspecified atom stereocenters. The Morgan fingerprint density at radius 1 is 1.03 bits per heavy atom. The van der Waals surface area contributed by atoms with Crippen LogP contribution in [0.5, 0.6) is 5.75 Å². The largest absolute Gasteiger partial charge is 0.497 e. The highest BCUT2D eigenvalue weighted by Gasteiger charge is 2.20. The van der Waals surface area contributed by atoms with Crippen LogP contribution in [-0.2, 0) is 13.0 Å². The molecule has 172 valence electrons. The molecule has 1 fully saturated rings. The molecule has 0 aliphatic carbocycles. The summed E-state index contributed by atoms with van der Waals surface area (Å²) in [6.07, 6.45) is 3.65. The normalized spacial score (nSPS) is 15.4. The van der Waals surface area contributed by atoms with Gasteiger partial charge < -0.3 is 19.6 Å². The molecular formula is C28H38N2O2. The van der Waals surface area contributed by atoms with Crippen LogP contribution in [0.25, 0.3) is 0 Å². The van der Waals surface area contributed by atoms with Gasteiger partial charge >= 0.3 is 0 Å². The molecule has 1 aliphatic heterocycles. The van der Waals surface area contributed by atoms with E-state index in [2.05, 4.69) is 53.0 Å². The zero-order valence-corrected chi connectivity index (χ0v) is 20.1. The van der Waals surface area contributed by atoms with E-state index in [1.165, 1.54) is 37.1 Å². The molecule has 0 aromatic heterocycles. The SMILES string of the molecule is COc1ccc(CCN2CCC(CN(C)Cc3ccc(C#CC(C)(C)O)cc3)CC2)cc1. The molecule has 0 radical (unpaired) electrons. The van der Waals surface area contributed by atoms with Gasteiger partial charge in [-0.25, -0.2) is 0 Å². The molecule has 1 saturated heterocycles. The summed E-state index contributed by atoms with van der Waals surface area (Å²) in [6, 6.07) is 16.8. The highest BCUT2D eigenvalue weighted by Crippen LogP contribution is 2.20. The Morgan fingerprint density at radius 3 is 2.25 bits per heavy atom. The van der Waals surface area contributed by atoms with Crippen molar-refractivity contribution in [2.45, 2.75) is 45.3 Å². The average molecular weight is 435 g/mol. The van der Waals surface area contributed by atoms with E-state index in [-0.39, 0.29) is 0 Å². The predicted octanol–water partition coefficient (Wildman–Crippen LogP) is 4.20. The van der Waals surface area contributed by atoms with Gasteiger partial charge in [0.25, 0.3) is 0 Å². The average Bonchev–Trinajstić information content (AvgIpc) is 2.78. The molecule has 0 saturated carbocycles. The van der Waals surface area contributed by atoms with Crippen molar-refractivity contribution in [3.63, 3.8) is 0 Å². The quantitative estimate of drug-likeness (QED) is 0.632. The Morgan fingerprint density at radius 2 is 1.66 bits per heavy atom. The number of ether oxygens (including phenoxy) is 1. The van der Waals surface area contributed by atoms with Crippen LogP contribution in [-0.4, -0.2) is 60.8 Å². The van der Waals surface area contributed by atoms with Gasteiger partial charge in [-0.3, -0.25) is 0 Å². The van der Waals surface area contributed by atoms with Crippen molar-refractivity contribution < 1.29 is 9.84 Å². The Kier molecular flexibility index (Phi) is 8.75. The number of piperidine rings is 1. The van der Waals surface area contributed by atoms with Crippen LogP contribution in [0.15, 0.2) is 48.5 Å². The zero-order chi connectivity index (χ0) is 23.0. The molecule has 2 aromatic rings. The lowest BCUT2D eigenvalue weighted by atomic mass is 9.95. The molecule has 1 aliphatic rings. The summed E-state index contributed by atoms with van der Waals surface area (Å²) in [5, 5.41) is 9.74. The topological polar surface area (TPSA) is 35.9 Å². The summed E-state index contributed by atoms with van der Waals surface area (Å²) in [7, 11) is 3.93. The van der Waals surface area contributed by atoms with Gasteiger partial charge in [0.1, 0.15) is 11.4 Å². The van der Waals surface area contributed by atoms with Crippen molar-refractivity contribution in [1.82, 2.24) is 9.80 Å². The summed E-state index contributed by atoms with van der Waals surface area (Å²) in [5.74, 6) is 7.60. The molecule has 0 spiro atoms. The van der Waals surface area contributed by atoms with Gasteiger partial charge in [0, 0.05) is 25.2 Å². The van der Waals surface area contributed by atoms with E-state index in [9.17, 15) is 5.11 Å². The summed E-state index contributed by atoms with van der Waals surface area (Å²) >= 11 is 0. The first-order chi connectivity index (χ1) is 15.3. The molecule has 4 nitrogen and oxygen atoms in total. The lowest BCUT2D eigenvalue weighted by Crippen LogP contribution is -2.38. The van der Waals surface area contributed by atoms with Crippen LogP contribution in [0.3, 0.4) is 0 Å². The predicted molar refractivity (Wildman–Crippen MR) is 132 cm³/mol. The first-order valence-corrected chi connectivity index (χ1v) is 11.7. The maximum Gasteiger partial charge on any atom is 0.120 e. The third kappa shape index (κ3) is 8.31. The second-order valence-corrected chi connectivity index (χ2v) is 9.59. The molecule has 4 heteroatoms. The third-order valence-electron chi connectivity index (χ3n) is 6.07. The standard InChI is InChI=1S/C28H38N2O2/c1-28(2,31)17-13-23-5-7-25(8-6-23)21-29(3)22-26-15-19-30(20-16-26)18-14-24-9-11-27(32-4)12-10-24/h5-12,26,31H,14-16,18-22H2,1-4H3. The smallest absolute Gasteiger partial charge is 0.120 e. The fourth-order valence-electron chi connectivity index (χ4n) is 4.21.